The lowest BCUT2D eigenvalue weighted by atomic mass is 10.2. The summed E-state index contributed by atoms with van der Waals surface area (Å²) >= 11 is 0. The summed E-state index contributed by atoms with van der Waals surface area (Å²) in [6.45, 7) is 5.14. The number of H-pyrrole nitrogens is 1. The molecule has 0 aliphatic heterocycles. The van der Waals surface area contributed by atoms with Gasteiger partial charge in [0.2, 0.25) is 11.6 Å². The van der Waals surface area contributed by atoms with E-state index in [2.05, 4.69) is 26.5 Å². The molecule has 0 fully saturated rings. The molecule has 0 amide bonds. The number of aromatic amines is 1. The van der Waals surface area contributed by atoms with E-state index in [4.69, 9.17) is 5.73 Å². The van der Waals surface area contributed by atoms with Crippen LogP contribution in [0.25, 0.3) is 11.2 Å². The van der Waals surface area contributed by atoms with E-state index in [9.17, 15) is 4.79 Å². The summed E-state index contributed by atoms with van der Waals surface area (Å²) < 4.78 is 0. The van der Waals surface area contributed by atoms with Crippen molar-refractivity contribution in [3.63, 3.8) is 0 Å². The first kappa shape index (κ1) is 9.32. The largest absolute Gasteiger partial charge is 0.369 e. The summed E-state index contributed by atoms with van der Waals surface area (Å²) in [5.41, 5.74) is 6.81. The first-order valence-corrected chi connectivity index (χ1v) is 4.26. The molecule has 0 aliphatic rings. The molecular weight excluding hydrogens is 194 g/mol. The molecule has 2 aromatic rings. The number of ketones is 1. The number of anilines is 1. The first-order chi connectivity index (χ1) is 7.08. The average Bonchev–Trinajstić information content (AvgIpc) is 2.55. The Kier molecular flexibility index (Phi) is 1.96. The van der Waals surface area contributed by atoms with E-state index in [1.54, 1.807) is 6.92 Å². The Morgan fingerprint density at radius 1 is 1.53 bits per heavy atom. The average molecular weight is 203 g/mol. The number of hydrogen-bond donors (Lipinski definition) is 2. The van der Waals surface area contributed by atoms with Crippen LogP contribution in [0.15, 0.2) is 18.3 Å². The predicted molar refractivity (Wildman–Crippen MR) is 55.2 cm³/mol. The van der Waals surface area contributed by atoms with E-state index in [-0.39, 0.29) is 17.6 Å². The van der Waals surface area contributed by atoms with Crippen LogP contribution in [0, 0.1) is 0 Å². The predicted octanol–water partition coefficient (Wildman–Crippen LogP) is 0.694. The SMILES string of the molecule is C=C(C)C(=O)c1ncc2[nH]c(N)nc2n1. The number of nitrogens with one attached hydrogen (secondary N) is 1. The van der Waals surface area contributed by atoms with Gasteiger partial charge in [-0.3, -0.25) is 4.79 Å². The van der Waals surface area contributed by atoms with E-state index in [0.29, 0.717) is 16.7 Å². The number of imidazole rings is 1. The maximum Gasteiger partial charge on any atom is 0.225 e. The number of hydrogen-bond acceptors (Lipinski definition) is 5. The summed E-state index contributed by atoms with van der Waals surface area (Å²) in [5.74, 6) is 0.0409. The van der Waals surface area contributed by atoms with Crippen molar-refractivity contribution in [2.45, 2.75) is 6.92 Å². The molecule has 0 spiro atoms. The smallest absolute Gasteiger partial charge is 0.225 e. The third kappa shape index (κ3) is 1.56. The summed E-state index contributed by atoms with van der Waals surface area (Å²) in [4.78, 5) is 26.0. The van der Waals surface area contributed by atoms with Crippen molar-refractivity contribution in [1.82, 2.24) is 19.9 Å². The maximum atomic E-state index is 11.5. The van der Waals surface area contributed by atoms with Gasteiger partial charge in [-0.2, -0.15) is 4.98 Å². The van der Waals surface area contributed by atoms with Crippen LogP contribution in [-0.2, 0) is 0 Å². The molecule has 6 heteroatoms. The summed E-state index contributed by atoms with van der Waals surface area (Å²) in [6, 6.07) is 0. The summed E-state index contributed by atoms with van der Waals surface area (Å²) in [5, 5.41) is 0. The third-order valence-corrected chi connectivity index (χ3v) is 1.85. The normalized spacial score (nSPS) is 10.5. The van der Waals surface area contributed by atoms with E-state index in [1.807, 2.05) is 0 Å². The Morgan fingerprint density at radius 3 is 2.93 bits per heavy atom. The third-order valence-electron chi connectivity index (χ3n) is 1.85. The van der Waals surface area contributed by atoms with E-state index < -0.39 is 0 Å². The lowest BCUT2D eigenvalue weighted by Crippen LogP contribution is -2.05. The van der Waals surface area contributed by atoms with Crippen molar-refractivity contribution < 1.29 is 4.79 Å². The zero-order valence-electron chi connectivity index (χ0n) is 8.11. The van der Waals surface area contributed by atoms with Crippen LogP contribution in [0.1, 0.15) is 17.5 Å². The maximum absolute atomic E-state index is 11.5. The van der Waals surface area contributed by atoms with Crippen molar-refractivity contribution in [3.05, 3.63) is 24.2 Å². The number of Topliss-reactive ketones (excluding diaryl/α,β-unsaturated/α-hetero) is 1. The van der Waals surface area contributed by atoms with E-state index >= 15 is 0 Å². The molecule has 0 saturated heterocycles. The number of fused-ring (bicyclic) bond motifs is 1. The van der Waals surface area contributed by atoms with Crippen LogP contribution in [0.4, 0.5) is 5.95 Å². The van der Waals surface area contributed by atoms with Gasteiger partial charge in [0, 0.05) is 0 Å². The van der Waals surface area contributed by atoms with Crippen molar-refractivity contribution in [3.8, 4) is 0 Å². The van der Waals surface area contributed by atoms with E-state index in [1.165, 1.54) is 6.20 Å². The topological polar surface area (TPSA) is 97.5 Å². The fourth-order valence-corrected chi connectivity index (χ4v) is 1.13. The van der Waals surface area contributed by atoms with Crippen LogP contribution in [0.5, 0.6) is 0 Å². The highest BCUT2D eigenvalue weighted by atomic mass is 16.1. The lowest BCUT2D eigenvalue weighted by Gasteiger charge is -1.96. The minimum atomic E-state index is -0.293. The molecule has 0 atom stereocenters. The van der Waals surface area contributed by atoms with Crippen LogP contribution >= 0.6 is 0 Å². The standard InChI is InChI=1S/C9H9N5O/c1-4(2)6(15)8-11-3-5-7(13-8)14-9(10)12-5/h3H,1H2,2H3,(H3,10,11,12,13,14). The van der Waals surface area contributed by atoms with Gasteiger partial charge in [-0.15, -0.1) is 0 Å². The second-order valence-electron chi connectivity index (χ2n) is 3.16. The molecule has 0 radical (unpaired) electrons. The number of nitrogens with zero attached hydrogens (tertiary/aromatic N) is 3. The lowest BCUT2D eigenvalue weighted by molar-refractivity contribution is 0.102. The van der Waals surface area contributed by atoms with Crippen molar-refractivity contribution >= 4 is 22.9 Å². The number of carbonyl (C=O) groups excluding carboxylic acids is 1. The molecule has 15 heavy (non-hydrogen) atoms. The van der Waals surface area contributed by atoms with E-state index in [0.717, 1.165) is 0 Å². The molecule has 76 valence electrons. The van der Waals surface area contributed by atoms with Crippen molar-refractivity contribution in [2.75, 3.05) is 5.73 Å². The Hall–Kier alpha value is -2.24. The monoisotopic (exact) mass is 203 g/mol. The van der Waals surface area contributed by atoms with Gasteiger partial charge in [-0.05, 0) is 12.5 Å². The van der Waals surface area contributed by atoms with Crippen molar-refractivity contribution in [1.29, 1.82) is 0 Å². The number of nitrogens with two attached hydrogens (primary N) is 1. The molecule has 2 rings (SSSR count). The molecule has 0 bridgehead atoms. The quantitative estimate of drug-likeness (QED) is 0.552. The van der Waals surface area contributed by atoms with Gasteiger partial charge in [0.05, 0.1) is 6.20 Å². The molecule has 0 aromatic carbocycles. The highest BCUT2D eigenvalue weighted by molar-refractivity contribution is 6.05. The number of allylic oxidation sites excluding steroid dienone is 1. The number of carbonyl (C=O) groups is 1. The Balaban J connectivity index is 2.55. The van der Waals surface area contributed by atoms with Crippen LogP contribution in [0.3, 0.4) is 0 Å². The second kappa shape index (κ2) is 3.16. The molecule has 3 N–H and O–H groups in total. The number of aromatic nitrogens is 4. The van der Waals surface area contributed by atoms with Crippen LogP contribution in [0.2, 0.25) is 0 Å². The van der Waals surface area contributed by atoms with Gasteiger partial charge in [-0.25, -0.2) is 9.97 Å². The van der Waals surface area contributed by atoms with Gasteiger partial charge in [0.25, 0.3) is 0 Å². The first-order valence-electron chi connectivity index (χ1n) is 4.26. The van der Waals surface area contributed by atoms with Gasteiger partial charge >= 0.3 is 0 Å². The Bertz CT molecular complexity index is 557. The minimum absolute atomic E-state index is 0.0847. The van der Waals surface area contributed by atoms with Crippen LogP contribution in [-0.4, -0.2) is 25.7 Å². The zero-order valence-corrected chi connectivity index (χ0v) is 8.11. The molecule has 6 nitrogen and oxygen atoms in total. The van der Waals surface area contributed by atoms with Crippen molar-refractivity contribution in [2.24, 2.45) is 0 Å². The highest BCUT2D eigenvalue weighted by Gasteiger charge is 2.12. The molecule has 2 aromatic heterocycles. The van der Waals surface area contributed by atoms with Gasteiger partial charge < -0.3 is 10.7 Å². The van der Waals surface area contributed by atoms with Gasteiger partial charge in [-0.1, -0.05) is 6.58 Å². The zero-order chi connectivity index (χ0) is 11.0. The molecular formula is C9H9N5O. The fraction of sp³-hybridized carbons (Fsp3) is 0.111. The molecule has 2 heterocycles. The molecule has 0 saturated carbocycles. The van der Waals surface area contributed by atoms with Crippen LogP contribution < -0.4 is 5.73 Å². The summed E-state index contributed by atoms with van der Waals surface area (Å²) in [7, 11) is 0. The number of nitrogen functional groups attached to an aromatic ring is 1. The minimum Gasteiger partial charge on any atom is -0.369 e. The van der Waals surface area contributed by atoms with Gasteiger partial charge in [0.1, 0.15) is 5.52 Å². The molecule has 0 aliphatic carbocycles. The van der Waals surface area contributed by atoms with Gasteiger partial charge in [0.15, 0.2) is 11.6 Å². The Morgan fingerprint density at radius 2 is 2.27 bits per heavy atom. The molecule has 0 unspecified atom stereocenters. The summed E-state index contributed by atoms with van der Waals surface area (Å²) in [6.07, 6.45) is 1.47. The second-order valence-corrected chi connectivity index (χ2v) is 3.16. The fourth-order valence-electron chi connectivity index (χ4n) is 1.13. The Labute approximate surface area is 85.3 Å². The number of rotatable bonds is 2. The highest BCUT2D eigenvalue weighted by Crippen LogP contribution is 2.10.